The van der Waals surface area contributed by atoms with Crippen molar-refractivity contribution in [2.45, 2.75) is 31.9 Å². The summed E-state index contributed by atoms with van der Waals surface area (Å²) in [6.07, 6.45) is 0.934. The Balaban J connectivity index is 2.07. The van der Waals surface area contributed by atoms with E-state index < -0.39 is 0 Å². The molecule has 1 aliphatic heterocycles. The van der Waals surface area contributed by atoms with Crippen molar-refractivity contribution in [3.05, 3.63) is 20.8 Å². The average molecular weight is 304 g/mol. The molecule has 2 atom stereocenters. The molecule has 2 heterocycles. The van der Waals surface area contributed by atoms with Crippen molar-refractivity contribution >= 4 is 33.2 Å². The number of thiophene rings is 1. The number of carbonyl (C=O) groups excluding carboxylic acids is 1. The average Bonchev–Trinajstić information content (AvgIpc) is 2.76. The molecule has 88 valence electrons. The van der Waals surface area contributed by atoms with Gasteiger partial charge >= 0.3 is 0 Å². The Bertz CT molecular complexity index is 406. The van der Waals surface area contributed by atoms with Crippen LogP contribution in [0.1, 0.15) is 30.6 Å². The molecule has 1 aromatic heterocycles. The molecule has 1 saturated heterocycles. The smallest absolute Gasteiger partial charge is 0.252 e. The topological polar surface area (TPSA) is 38.3 Å². The van der Waals surface area contributed by atoms with E-state index in [0.29, 0.717) is 12.2 Å². The van der Waals surface area contributed by atoms with Gasteiger partial charge in [0.15, 0.2) is 0 Å². The first-order chi connectivity index (χ1) is 7.51. The number of rotatable bonds is 2. The molecule has 1 aromatic rings. The first-order valence-electron chi connectivity index (χ1n) is 5.19. The van der Waals surface area contributed by atoms with E-state index in [4.69, 9.17) is 4.74 Å². The molecule has 1 amide bonds. The number of ether oxygens (including phenoxy) is 1. The van der Waals surface area contributed by atoms with Crippen molar-refractivity contribution in [1.82, 2.24) is 5.32 Å². The highest BCUT2D eigenvalue weighted by Crippen LogP contribution is 2.26. The lowest BCUT2D eigenvalue weighted by molar-refractivity contribution is 0.0727. The molecule has 0 aliphatic carbocycles. The summed E-state index contributed by atoms with van der Waals surface area (Å²) in [5.74, 6) is -0.0261. The monoisotopic (exact) mass is 303 g/mol. The van der Waals surface area contributed by atoms with Crippen LogP contribution in [-0.4, -0.2) is 24.2 Å². The first kappa shape index (κ1) is 12.1. The van der Waals surface area contributed by atoms with Crippen molar-refractivity contribution in [3.8, 4) is 0 Å². The van der Waals surface area contributed by atoms with Crippen LogP contribution in [-0.2, 0) is 4.74 Å². The molecule has 2 rings (SSSR count). The van der Waals surface area contributed by atoms with E-state index in [1.165, 1.54) is 11.3 Å². The second kappa shape index (κ2) is 4.47. The lowest BCUT2D eigenvalue weighted by atomic mass is 9.94. The Hall–Kier alpha value is -0.390. The van der Waals surface area contributed by atoms with Gasteiger partial charge in [-0.1, -0.05) is 0 Å². The van der Waals surface area contributed by atoms with Crippen LogP contribution in [0.3, 0.4) is 0 Å². The van der Waals surface area contributed by atoms with E-state index in [-0.39, 0.29) is 17.6 Å². The highest BCUT2D eigenvalue weighted by Gasteiger charge is 2.38. The van der Waals surface area contributed by atoms with Crippen LogP contribution in [0.15, 0.2) is 15.2 Å². The van der Waals surface area contributed by atoms with Crippen molar-refractivity contribution in [2.24, 2.45) is 0 Å². The SMILES string of the molecule is CC1OCCC1(C)NC(=O)c1csc(Br)c1. The summed E-state index contributed by atoms with van der Waals surface area (Å²) >= 11 is 4.87. The van der Waals surface area contributed by atoms with Crippen LogP contribution in [0.25, 0.3) is 0 Å². The number of amides is 1. The third kappa shape index (κ3) is 2.31. The predicted octanol–water partition coefficient (Wildman–Crippen LogP) is 2.81. The van der Waals surface area contributed by atoms with Crippen LogP contribution in [0.5, 0.6) is 0 Å². The quantitative estimate of drug-likeness (QED) is 0.912. The van der Waals surface area contributed by atoms with Crippen molar-refractivity contribution in [2.75, 3.05) is 6.61 Å². The maximum atomic E-state index is 12.0. The molecular formula is C11H14BrNO2S. The molecule has 1 aliphatic rings. The maximum Gasteiger partial charge on any atom is 0.252 e. The van der Waals surface area contributed by atoms with Gasteiger partial charge in [0.25, 0.3) is 5.91 Å². The van der Waals surface area contributed by atoms with E-state index in [1.54, 1.807) is 0 Å². The molecule has 0 spiro atoms. The van der Waals surface area contributed by atoms with Crippen molar-refractivity contribution < 1.29 is 9.53 Å². The number of carbonyl (C=O) groups is 1. The third-order valence-electron chi connectivity index (χ3n) is 3.12. The zero-order valence-electron chi connectivity index (χ0n) is 9.25. The molecule has 16 heavy (non-hydrogen) atoms. The number of hydrogen-bond donors (Lipinski definition) is 1. The number of hydrogen-bond acceptors (Lipinski definition) is 3. The van der Waals surface area contributed by atoms with E-state index >= 15 is 0 Å². The standard InChI is InChI=1S/C11H14BrNO2S/c1-7-11(2,3-4-15-7)13-10(14)8-5-9(12)16-6-8/h5-7H,3-4H2,1-2H3,(H,13,14). The molecule has 0 bridgehead atoms. The van der Waals surface area contributed by atoms with Crippen LogP contribution in [0, 0.1) is 0 Å². The van der Waals surface area contributed by atoms with Gasteiger partial charge in [0, 0.05) is 12.0 Å². The fraction of sp³-hybridized carbons (Fsp3) is 0.545. The van der Waals surface area contributed by atoms with E-state index in [9.17, 15) is 4.79 Å². The molecule has 5 heteroatoms. The number of halogens is 1. The Morgan fingerprint density at radius 3 is 3.00 bits per heavy atom. The van der Waals surface area contributed by atoms with Gasteiger partial charge < -0.3 is 10.1 Å². The van der Waals surface area contributed by atoms with Crippen molar-refractivity contribution in [1.29, 1.82) is 0 Å². The summed E-state index contributed by atoms with van der Waals surface area (Å²) in [6, 6.07) is 1.84. The number of nitrogens with one attached hydrogen (secondary N) is 1. The Labute approximate surface area is 107 Å². The molecule has 0 saturated carbocycles. The van der Waals surface area contributed by atoms with Gasteiger partial charge in [-0.05, 0) is 42.3 Å². The largest absolute Gasteiger partial charge is 0.376 e. The zero-order valence-corrected chi connectivity index (χ0v) is 11.7. The Morgan fingerprint density at radius 2 is 2.50 bits per heavy atom. The Kier molecular flexibility index (Phi) is 3.37. The summed E-state index contributed by atoms with van der Waals surface area (Å²) < 4.78 is 6.46. The molecule has 0 aromatic carbocycles. The third-order valence-corrected chi connectivity index (χ3v) is 4.62. The van der Waals surface area contributed by atoms with Crippen molar-refractivity contribution in [3.63, 3.8) is 0 Å². The lowest BCUT2D eigenvalue weighted by Crippen LogP contribution is -2.50. The maximum absolute atomic E-state index is 12.0. The van der Waals surface area contributed by atoms with Gasteiger partial charge in [-0.25, -0.2) is 0 Å². The van der Waals surface area contributed by atoms with Gasteiger partial charge in [-0.15, -0.1) is 11.3 Å². The van der Waals surface area contributed by atoms with Crippen LogP contribution in [0.2, 0.25) is 0 Å². The van der Waals surface area contributed by atoms with Crippen LogP contribution >= 0.6 is 27.3 Å². The first-order valence-corrected chi connectivity index (χ1v) is 6.87. The van der Waals surface area contributed by atoms with Gasteiger partial charge in [-0.2, -0.15) is 0 Å². The summed E-state index contributed by atoms with van der Waals surface area (Å²) in [4.78, 5) is 12.0. The summed E-state index contributed by atoms with van der Waals surface area (Å²) in [7, 11) is 0. The highest BCUT2D eigenvalue weighted by atomic mass is 79.9. The van der Waals surface area contributed by atoms with E-state index in [2.05, 4.69) is 21.2 Å². The van der Waals surface area contributed by atoms with Gasteiger partial charge in [0.2, 0.25) is 0 Å². The van der Waals surface area contributed by atoms with E-state index in [1.807, 2.05) is 25.3 Å². The molecule has 2 unspecified atom stereocenters. The molecule has 1 N–H and O–H groups in total. The minimum absolute atomic E-state index is 0.0261. The fourth-order valence-electron chi connectivity index (χ4n) is 1.76. The summed E-state index contributed by atoms with van der Waals surface area (Å²) in [5.41, 5.74) is 0.461. The highest BCUT2D eigenvalue weighted by molar-refractivity contribution is 9.11. The molecular weight excluding hydrogens is 290 g/mol. The van der Waals surface area contributed by atoms with Gasteiger partial charge in [0.1, 0.15) is 0 Å². The fourth-order valence-corrected chi connectivity index (χ4v) is 2.90. The van der Waals surface area contributed by atoms with Crippen LogP contribution in [0.4, 0.5) is 0 Å². The van der Waals surface area contributed by atoms with Gasteiger partial charge in [-0.3, -0.25) is 4.79 Å². The zero-order chi connectivity index (χ0) is 11.8. The Morgan fingerprint density at radius 1 is 1.75 bits per heavy atom. The normalized spacial score (nSPS) is 29.3. The van der Waals surface area contributed by atoms with E-state index in [0.717, 1.165) is 10.2 Å². The lowest BCUT2D eigenvalue weighted by Gasteiger charge is -2.28. The summed E-state index contributed by atoms with van der Waals surface area (Å²) in [6.45, 7) is 4.74. The predicted molar refractivity (Wildman–Crippen MR) is 67.9 cm³/mol. The summed E-state index contributed by atoms with van der Waals surface area (Å²) in [5, 5.41) is 4.91. The minimum atomic E-state index is -0.245. The van der Waals surface area contributed by atoms with Crippen LogP contribution < -0.4 is 5.32 Å². The second-order valence-electron chi connectivity index (χ2n) is 4.27. The van der Waals surface area contributed by atoms with Gasteiger partial charge in [0.05, 0.1) is 21.0 Å². The minimum Gasteiger partial charge on any atom is -0.376 e. The second-order valence-corrected chi connectivity index (χ2v) is 6.56. The molecule has 0 radical (unpaired) electrons. The molecule has 3 nitrogen and oxygen atoms in total. The molecule has 1 fully saturated rings.